The van der Waals surface area contributed by atoms with Gasteiger partial charge in [0.05, 0.1) is 20.2 Å². The van der Waals surface area contributed by atoms with Gasteiger partial charge < -0.3 is 19.5 Å². The molecule has 1 unspecified atom stereocenters. The van der Waals surface area contributed by atoms with Crippen LogP contribution in [0.5, 0.6) is 0 Å². The molecule has 7 heteroatoms. The monoisotopic (exact) mass is 693 g/mol. The molecule has 1 rings (SSSR count). The highest BCUT2D eigenvalue weighted by atomic mass is 16.6. The van der Waals surface area contributed by atoms with Crippen LogP contribution >= 0.6 is 0 Å². The molecule has 1 aromatic rings. The Morgan fingerprint density at radius 2 is 1.08 bits per heavy atom. The molecule has 0 aliphatic rings. The number of carbonyl (C=O) groups is 1. The number of amides is 1. The second kappa shape index (κ2) is 36.2. The Balaban J connectivity index is 2.15. The summed E-state index contributed by atoms with van der Waals surface area (Å²) in [5.41, 5.74) is 0. The van der Waals surface area contributed by atoms with Crippen molar-refractivity contribution in [3.63, 3.8) is 0 Å². The van der Waals surface area contributed by atoms with Crippen molar-refractivity contribution in [1.82, 2.24) is 9.88 Å². The normalized spacial score (nSPS) is 12.1. The van der Waals surface area contributed by atoms with E-state index in [0.717, 1.165) is 51.7 Å². The molecule has 1 heterocycles. The summed E-state index contributed by atoms with van der Waals surface area (Å²) < 4.78 is 22.0. The van der Waals surface area contributed by atoms with Gasteiger partial charge in [-0.15, -0.1) is 0 Å². The highest BCUT2D eigenvalue weighted by molar-refractivity contribution is 5.67. The van der Waals surface area contributed by atoms with Crippen molar-refractivity contribution in [3.8, 4) is 0 Å². The summed E-state index contributed by atoms with van der Waals surface area (Å²) in [7, 11) is 2.04. The van der Waals surface area contributed by atoms with E-state index in [1.807, 2.05) is 7.05 Å². The van der Waals surface area contributed by atoms with Crippen LogP contribution in [0.15, 0.2) is 18.7 Å². The lowest BCUT2D eigenvalue weighted by Gasteiger charge is -2.18. The minimum absolute atomic E-state index is 0.203. The molecule has 1 amide bonds. The molecule has 288 valence electrons. The molecule has 7 nitrogen and oxygen atoms in total. The minimum atomic E-state index is -0.347. The molecule has 0 spiro atoms. The number of ether oxygens (including phenoxy) is 3. The third kappa shape index (κ3) is 32.1. The van der Waals surface area contributed by atoms with Gasteiger partial charge in [0.1, 0.15) is 25.1 Å². The molecule has 1 atom stereocenters. The molecular weight excluding hydrogens is 610 g/mol. The largest absolute Gasteiger partial charge is 0.447 e. The molecule has 0 radical (unpaired) electrons. The van der Waals surface area contributed by atoms with Gasteiger partial charge in [0.25, 0.3) is 0 Å². The third-order valence-corrected chi connectivity index (χ3v) is 9.63. The number of unbranched alkanes of at least 4 members (excludes halogenated alkanes) is 25. The van der Waals surface area contributed by atoms with E-state index in [9.17, 15) is 4.79 Å². The molecule has 0 bridgehead atoms. The highest BCUT2D eigenvalue weighted by Gasteiger charge is 2.13. The lowest BCUT2D eigenvalue weighted by Crippen LogP contribution is -2.32. The molecule has 1 N–H and O–H groups in total. The predicted molar refractivity (Wildman–Crippen MR) is 206 cm³/mol. The molecule has 0 fully saturated rings. The Hall–Kier alpha value is -1.60. The van der Waals surface area contributed by atoms with Gasteiger partial charge in [-0.1, -0.05) is 162 Å². The van der Waals surface area contributed by atoms with Crippen LogP contribution in [0, 0.1) is 0 Å². The second-order valence-corrected chi connectivity index (χ2v) is 14.6. The van der Waals surface area contributed by atoms with Crippen LogP contribution in [0.4, 0.5) is 4.79 Å². The maximum absolute atomic E-state index is 12.4. The van der Waals surface area contributed by atoms with Crippen molar-refractivity contribution in [2.75, 3.05) is 33.0 Å². The number of hydrogen-bond acceptors (Lipinski definition) is 4. The first-order valence-electron chi connectivity index (χ1n) is 21.3. The first-order valence-corrected chi connectivity index (χ1v) is 21.3. The Kier molecular flexibility index (Phi) is 33.6. The molecule has 49 heavy (non-hydrogen) atoms. The fraction of sp³-hybridized carbons (Fsp3) is 0.905. The number of carbonyl (C=O) groups excluding carboxylic acids is 1. The van der Waals surface area contributed by atoms with E-state index < -0.39 is 0 Å². The average molecular weight is 693 g/mol. The Morgan fingerprint density at radius 3 is 1.59 bits per heavy atom. The number of alkyl carbamates (subject to hydrolysis) is 1. The first-order chi connectivity index (χ1) is 24.2. The Morgan fingerprint density at radius 1 is 0.612 bits per heavy atom. The van der Waals surface area contributed by atoms with Crippen LogP contribution in [0.25, 0.3) is 0 Å². The third-order valence-electron chi connectivity index (χ3n) is 9.63. The number of nitrogens with zero attached hydrogens (tertiary/aromatic N) is 2. The van der Waals surface area contributed by atoms with Gasteiger partial charge in [0.15, 0.2) is 0 Å². The van der Waals surface area contributed by atoms with E-state index in [1.54, 1.807) is 0 Å². The van der Waals surface area contributed by atoms with Crippen molar-refractivity contribution in [3.05, 3.63) is 18.7 Å². The lowest BCUT2D eigenvalue weighted by molar-refractivity contribution is -0.671. The number of hydrogen-bond donors (Lipinski definition) is 1. The van der Waals surface area contributed by atoms with Crippen molar-refractivity contribution < 1.29 is 23.6 Å². The quantitative estimate of drug-likeness (QED) is 0.0553. The van der Waals surface area contributed by atoms with E-state index in [1.165, 1.54) is 141 Å². The zero-order valence-corrected chi connectivity index (χ0v) is 32.9. The number of rotatable bonds is 38. The zero-order valence-electron chi connectivity index (χ0n) is 32.9. The molecule has 0 aromatic carbocycles. The SMILES string of the molecule is CCCCCCCCCCCCCCOCC(COC(=O)NCCCCCCn1cc[n+](C)c1)OCCCCCCCCCCCCCC. The number of nitrogens with one attached hydrogen (secondary N) is 1. The van der Waals surface area contributed by atoms with Crippen LogP contribution in [0.2, 0.25) is 0 Å². The summed E-state index contributed by atoms with van der Waals surface area (Å²) in [6.45, 7) is 8.45. The standard InChI is InChI=1S/C42H81N3O4/c1-4-6-8-10-12-14-16-18-20-22-26-30-36-47-38-41(48-37-31-27-23-21-19-17-15-13-11-9-7-5-2)39-49-42(46)43-32-28-24-25-29-33-45-35-34-44(3)40-45/h34-35,40-41H,4-33,36-39H2,1-3H3/p+1. The topological polar surface area (TPSA) is 65.6 Å². The maximum atomic E-state index is 12.4. The van der Waals surface area contributed by atoms with E-state index in [2.05, 4.69) is 47.0 Å². The average Bonchev–Trinajstić information content (AvgIpc) is 3.52. The van der Waals surface area contributed by atoms with E-state index in [4.69, 9.17) is 14.2 Å². The number of aryl methyl sites for hydroxylation is 2. The summed E-state index contributed by atoms with van der Waals surface area (Å²) in [5.74, 6) is 0. The summed E-state index contributed by atoms with van der Waals surface area (Å²) in [4.78, 5) is 12.4. The van der Waals surface area contributed by atoms with Crippen LogP contribution in [-0.2, 0) is 27.8 Å². The molecular formula is C42H82N3O4+. The fourth-order valence-electron chi connectivity index (χ4n) is 6.41. The Labute approximate surface area is 304 Å². The predicted octanol–water partition coefficient (Wildman–Crippen LogP) is 11.4. The number of aromatic nitrogens is 2. The van der Waals surface area contributed by atoms with Gasteiger partial charge in [-0.2, -0.15) is 0 Å². The van der Waals surface area contributed by atoms with E-state index in [-0.39, 0.29) is 18.8 Å². The Bertz CT molecular complexity index is 818. The zero-order chi connectivity index (χ0) is 35.3. The summed E-state index contributed by atoms with van der Waals surface area (Å²) in [5, 5.41) is 2.92. The lowest BCUT2D eigenvalue weighted by atomic mass is 10.1. The van der Waals surface area contributed by atoms with Gasteiger partial charge in [-0.25, -0.2) is 13.9 Å². The summed E-state index contributed by atoms with van der Waals surface area (Å²) in [6, 6.07) is 0. The van der Waals surface area contributed by atoms with Gasteiger partial charge in [0.2, 0.25) is 6.33 Å². The molecule has 1 aromatic heterocycles. The second-order valence-electron chi connectivity index (χ2n) is 14.6. The number of imidazole rings is 1. The maximum Gasteiger partial charge on any atom is 0.407 e. The van der Waals surface area contributed by atoms with Crippen LogP contribution < -0.4 is 9.88 Å². The molecule has 0 saturated carbocycles. The molecule has 0 saturated heterocycles. The van der Waals surface area contributed by atoms with Gasteiger partial charge >= 0.3 is 6.09 Å². The van der Waals surface area contributed by atoms with Crippen molar-refractivity contribution >= 4 is 6.09 Å². The van der Waals surface area contributed by atoms with Crippen molar-refractivity contribution in [1.29, 1.82) is 0 Å². The van der Waals surface area contributed by atoms with Gasteiger partial charge in [0, 0.05) is 19.8 Å². The summed E-state index contributed by atoms with van der Waals surface area (Å²) in [6.07, 6.45) is 42.2. The fourth-order valence-corrected chi connectivity index (χ4v) is 6.41. The first kappa shape index (κ1) is 45.4. The van der Waals surface area contributed by atoms with Crippen LogP contribution in [0.1, 0.15) is 194 Å². The van der Waals surface area contributed by atoms with E-state index in [0.29, 0.717) is 19.8 Å². The molecule has 0 aliphatic heterocycles. The smallest absolute Gasteiger partial charge is 0.407 e. The van der Waals surface area contributed by atoms with Gasteiger partial charge in [-0.05, 0) is 32.1 Å². The summed E-state index contributed by atoms with van der Waals surface area (Å²) >= 11 is 0. The molecule has 0 aliphatic carbocycles. The van der Waals surface area contributed by atoms with E-state index >= 15 is 0 Å². The minimum Gasteiger partial charge on any atom is -0.447 e. The van der Waals surface area contributed by atoms with Gasteiger partial charge in [-0.3, -0.25) is 0 Å². The van der Waals surface area contributed by atoms with Crippen molar-refractivity contribution in [2.24, 2.45) is 7.05 Å². The van der Waals surface area contributed by atoms with Crippen LogP contribution in [0.3, 0.4) is 0 Å². The van der Waals surface area contributed by atoms with Crippen molar-refractivity contribution in [2.45, 2.75) is 206 Å². The highest BCUT2D eigenvalue weighted by Crippen LogP contribution is 2.14. The van der Waals surface area contributed by atoms with Crippen LogP contribution in [-0.4, -0.2) is 49.7 Å².